The Morgan fingerprint density at radius 2 is 1.50 bits per heavy atom. The summed E-state index contributed by atoms with van der Waals surface area (Å²) in [4.78, 5) is 24.6. The number of hydrogen-bond acceptors (Lipinski definition) is 4. The number of ether oxygens (including phenoxy) is 1. The van der Waals surface area contributed by atoms with Crippen LogP contribution in [-0.2, 0) is 9.53 Å². The van der Waals surface area contributed by atoms with Crippen molar-refractivity contribution in [1.82, 2.24) is 0 Å². The number of benzene rings is 2. The lowest BCUT2D eigenvalue weighted by molar-refractivity contribution is -0.138. The van der Waals surface area contributed by atoms with Gasteiger partial charge in [0.05, 0.1) is 7.11 Å². The van der Waals surface area contributed by atoms with Gasteiger partial charge in [0.2, 0.25) is 0 Å². The summed E-state index contributed by atoms with van der Waals surface area (Å²) in [6.45, 7) is 0.0748. The highest BCUT2D eigenvalue weighted by Gasteiger charge is 1.94. The van der Waals surface area contributed by atoms with Gasteiger partial charge < -0.3 is 4.74 Å². The molecule has 116 valence electrons. The van der Waals surface area contributed by atoms with Gasteiger partial charge in [-0.05, 0) is 5.56 Å². The molecule has 0 amide bonds. The maximum absolute atomic E-state index is 10.7. The second-order valence-corrected chi connectivity index (χ2v) is 3.99. The lowest BCUT2D eigenvalue weighted by Gasteiger charge is -1.92. The number of aliphatic imine (C=N–C) groups is 1. The normalized spacial score (nSPS) is 9.14. The molecule has 0 spiro atoms. The predicted molar refractivity (Wildman–Crippen MR) is 89.5 cm³/mol. The van der Waals surface area contributed by atoms with Crippen molar-refractivity contribution in [1.29, 1.82) is 0 Å². The number of nitrogens with zero attached hydrogens (tertiary/aromatic N) is 1. The van der Waals surface area contributed by atoms with Crippen LogP contribution < -0.4 is 0 Å². The van der Waals surface area contributed by atoms with Crippen LogP contribution in [0.1, 0.15) is 23.3 Å². The Morgan fingerprint density at radius 1 is 1.00 bits per heavy atom. The zero-order valence-electron chi connectivity index (χ0n) is 11.8. The van der Waals surface area contributed by atoms with Gasteiger partial charge in [0, 0.05) is 11.8 Å². The van der Waals surface area contributed by atoms with E-state index in [1.54, 1.807) is 18.3 Å². The summed E-state index contributed by atoms with van der Waals surface area (Å²) < 4.78 is 4.44. The smallest absolute Gasteiger partial charge is 0.327 e. The van der Waals surface area contributed by atoms with Crippen molar-refractivity contribution in [2.75, 3.05) is 13.7 Å². The Hall–Kier alpha value is -2.75. The van der Waals surface area contributed by atoms with Gasteiger partial charge >= 0.3 is 5.97 Å². The van der Waals surface area contributed by atoms with E-state index in [0.29, 0.717) is 0 Å². The zero-order chi connectivity index (χ0) is 15.3. The number of methoxy groups -OCH3 is 1. The van der Waals surface area contributed by atoms with E-state index in [2.05, 4.69) is 9.73 Å². The Balaban J connectivity index is 0.000000423. The van der Waals surface area contributed by atoms with Crippen LogP contribution in [0.4, 0.5) is 0 Å². The van der Waals surface area contributed by atoms with E-state index < -0.39 is 0 Å². The number of carbonyl (C=O) groups is 2. The van der Waals surface area contributed by atoms with E-state index in [9.17, 15) is 9.59 Å². The molecule has 2 aromatic rings. The van der Waals surface area contributed by atoms with E-state index in [4.69, 9.17) is 0 Å². The fourth-order valence-electron chi connectivity index (χ4n) is 1.36. The van der Waals surface area contributed by atoms with Crippen LogP contribution in [-0.4, -0.2) is 32.1 Å². The molecule has 0 radical (unpaired) electrons. The largest absolute Gasteiger partial charge is 0.468 e. The van der Waals surface area contributed by atoms with E-state index in [1.807, 2.05) is 48.5 Å². The molecule has 0 saturated heterocycles. The molecule has 0 fully saturated rings. The molecule has 0 aromatic heterocycles. The van der Waals surface area contributed by atoms with Crippen LogP contribution in [0.25, 0.3) is 0 Å². The summed E-state index contributed by atoms with van der Waals surface area (Å²) in [5, 5.41) is 0. The summed E-state index contributed by atoms with van der Waals surface area (Å²) in [5.74, 6) is -0.327. The molecule has 0 heterocycles. The van der Waals surface area contributed by atoms with Crippen LogP contribution in [0, 0.1) is 0 Å². The van der Waals surface area contributed by atoms with E-state index in [0.717, 1.165) is 17.4 Å². The first-order chi connectivity index (χ1) is 10.3. The first-order valence-electron chi connectivity index (χ1n) is 6.38. The van der Waals surface area contributed by atoms with Gasteiger partial charge in [-0.3, -0.25) is 14.6 Å². The number of rotatable bonds is 4. The number of hydrogen-bond donors (Lipinski definition) is 0. The molecular formula is C18H21NO3. The van der Waals surface area contributed by atoms with Crippen molar-refractivity contribution >= 4 is 18.5 Å². The average Bonchev–Trinajstić information content (AvgIpc) is 2.57. The van der Waals surface area contributed by atoms with Crippen LogP contribution >= 0.6 is 0 Å². The van der Waals surface area contributed by atoms with Crippen LogP contribution in [0.2, 0.25) is 0 Å². The fraction of sp³-hybridized carbons (Fsp3) is 0.167. The van der Waals surface area contributed by atoms with Gasteiger partial charge in [-0.2, -0.15) is 0 Å². The second-order valence-electron chi connectivity index (χ2n) is 3.99. The van der Waals surface area contributed by atoms with Crippen LogP contribution in [0.5, 0.6) is 0 Å². The number of carbonyl (C=O) groups excluding carboxylic acids is 2. The average molecular weight is 299 g/mol. The molecule has 2 rings (SSSR count). The molecule has 0 N–H and O–H groups in total. The molecule has 0 saturated carbocycles. The molecule has 0 aliphatic rings. The molecule has 0 aliphatic carbocycles. The zero-order valence-corrected chi connectivity index (χ0v) is 11.8. The lowest BCUT2D eigenvalue weighted by atomic mass is 10.2. The molecule has 0 bridgehead atoms. The quantitative estimate of drug-likeness (QED) is 0.494. The highest BCUT2D eigenvalue weighted by Crippen LogP contribution is 1.93. The maximum atomic E-state index is 10.7. The van der Waals surface area contributed by atoms with E-state index in [1.165, 1.54) is 7.11 Å². The molecule has 22 heavy (non-hydrogen) atoms. The fourth-order valence-corrected chi connectivity index (χ4v) is 1.36. The van der Waals surface area contributed by atoms with Crippen molar-refractivity contribution in [3.63, 3.8) is 0 Å². The Labute approximate surface area is 131 Å². The molecule has 2 aromatic carbocycles. The van der Waals surface area contributed by atoms with Gasteiger partial charge in [-0.1, -0.05) is 68.1 Å². The third kappa shape index (κ3) is 8.43. The van der Waals surface area contributed by atoms with Crippen LogP contribution in [0.15, 0.2) is 65.7 Å². The third-order valence-electron chi connectivity index (χ3n) is 2.42. The summed E-state index contributed by atoms with van der Waals surface area (Å²) in [5.41, 5.74) is 1.71. The molecule has 4 nitrogen and oxygen atoms in total. The van der Waals surface area contributed by atoms with Gasteiger partial charge in [0.15, 0.2) is 0 Å². The van der Waals surface area contributed by atoms with Crippen molar-refractivity contribution in [2.45, 2.75) is 7.43 Å². The highest BCUT2D eigenvalue weighted by atomic mass is 16.5. The third-order valence-corrected chi connectivity index (χ3v) is 2.42. The topological polar surface area (TPSA) is 55.7 Å². The van der Waals surface area contributed by atoms with Crippen LogP contribution in [0.3, 0.4) is 0 Å². The van der Waals surface area contributed by atoms with Gasteiger partial charge in [-0.25, -0.2) is 0 Å². The lowest BCUT2D eigenvalue weighted by Crippen LogP contribution is -2.04. The van der Waals surface area contributed by atoms with Crippen molar-refractivity contribution in [3.05, 3.63) is 71.8 Å². The number of esters is 1. The molecule has 4 heteroatoms. The SMILES string of the molecule is C.COC(=O)CN=Cc1ccccc1.O=Cc1ccccc1. The summed E-state index contributed by atoms with van der Waals surface area (Å²) in [7, 11) is 1.35. The van der Waals surface area contributed by atoms with E-state index in [-0.39, 0.29) is 19.9 Å². The van der Waals surface area contributed by atoms with E-state index >= 15 is 0 Å². The predicted octanol–water partition coefficient (Wildman–Crippen LogP) is 3.41. The van der Waals surface area contributed by atoms with Gasteiger partial charge in [0.1, 0.15) is 12.8 Å². The molecular weight excluding hydrogens is 278 g/mol. The maximum Gasteiger partial charge on any atom is 0.327 e. The van der Waals surface area contributed by atoms with Gasteiger partial charge in [0.25, 0.3) is 0 Å². The molecule has 0 atom stereocenters. The van der Waals surface area contributed by atoms with Crippen molar-refractivity contribution in [2.24, 2.45) is 4.99 Å². The highest BCUT2D eigenvalue weighted by molar-refractivity contribution is 5.82. The monoisotopic (exact) mass is 299 g/mol. The van der Waals surface area contributed by atoms with Crippen molar-refractivity contribution < 1.29 is 14.3 Å². The first-order valence-corrected chi connectivity index (χ1v) is 6.38. The minimum absolute atomic E-state index is 0. The minimum atomic E-state index is -0.327. The number of aldehydes is 1. The Bertz CT molecular complexity index is 565. The summed E-state index contributed by atoms with van der Waals surface area (Å²) in [6, 6.07) is 18.7. The van der Waals surface area contributed by atoms with Gasteiger partial charge in [-0.15, -0.1) is 0 Å². The first kappa shape index (κ1) is 19.2. The summed E-state index contributed by atoms with van der Waals surface area (Å²) >= 11 is 0. The van der Waals surface area contributed by atoms with Crippen molar-refractivity contribution in [3.8, 4) is 0 Å². The summed E-state index contributed by atoms with van der Waals surface area (Å²) in [6.07, 6.45) is 2.48. The molecule has 0 aliphatic heterocycles. The standard InChI is InChI=1S/C10H11NO2.C7H6O.CH4/c1-13-10(12)8-11-7-9-5-3-2-4-6-9;8-6-7-4-2-1-3-5-7;/h2-7H,8H2,1H3;1-6H;1H4. The minimum Gasteiger partial charge on any atom is -0.468 e. The second kappa shape index (κ2) is 12.0. The molecule has 0 unspecified atom stereocenters. The Kier molecular flexibility index (Phi) is 10.5. The Morgan fingerprint density at radius 3 is 1.91 bits per heavy atom.